The van der Waals surface area contributed by atoms with Gasteiger partial charge in [-0.05, 0) is 86.9 Å². The standard InChI is InChI=1S/C30H32O6S/c1-5-16-33-23-9-12-25(28(18-23)36-37(31,32)24-10-6-20(2)7-11-24)22-17-21-8-13-27-26(29(21)34-19-22)14-15-30(3,4)35-27/h6-15,17,28H,5,16,18-19H2,1-4H3. The van der Waals surface area contributed by atoms with E-state index in [4.69, 9.17) is 18.4 Å². The molecule has 1 atom stereocenters. The molecule has 37 heavy (non-hydrogen) atoms. The van der Waals surface area contributed by atoms with Crippen molar-refractivity contribution in [1.82, 2.24) is 0 Å². The highest BCUT2D eigenvalue weighted by atomic mass is 32.2. The van der Waals surface area contributed by atoms with E-state index in [2.05, 4.69) is 0 Å². The summed E-state index contributed by atoms with van der Waals surface area (Å²) in [5.74, 6) is 2.24. The molecular weight excluding hydrogens is 488 g/mol. The van der Waals surface area contributed by atoms with Gasteiger partial charge in [0.15, 0.2) is 0 Å². The Labute approximate surface area is 219 Å². The zero-order chi connectivity index (χ0) is 26.2. The fraction of sp³-hybridized carbons (Fsp3) is 0.333. The molecule has 2 aromatic rings. The number of hydrogen-bond acceptors (Lipinski definition) is 6. The first-order valence-corrected chi connectivity index (χ1v) is 14.0. The minimum atomic E-state index is -3.99. The molecule has 6 nitrogen and oxygen atoms in total. The Balaban J connectivity index is 1.48. The Morgan fingerprint density at radius 1 is 1.08 bits per heavy atom. The van der Waals surface area contributed by atoms with Crippen molar-refractivity contribution in [2.75, 3.05) is 13.2 Å². The van der Waals surface area contributed by atoms with Crippen molar-refractivity contribution in [1.29, 1.82) is 0 Å². The smallest absolute Gasteiger partial charge is 0.297 e. The summed E-state index contributed by atoms with van der Waals surface area (Å²) in [6.45, 7) is 8.81. The predicted octanol–water partition coefficient (Wildman–Crippen LogP) is 6.37. The van der Waals surface area contributed by atoms with E-state index in [0.29, 0.717) is 18.8 Å². The van der Waals surface area contributed by atoms with Gasteiger partial charge in [-0.1, -0.05) is 30.7 Å². The Hall–Kier alpha value is -3.29. The van der Waals surface area contributed by atoms with Crippen LogP contribution in [0.4, 0.5) is 0 Å². The summed E-state index contributed by atoms with van der Waals surface area (Å²) in [5.41, 5.74) is 4.05. The summed E-state index contributed by atoms with van der Waals surface area (Å²) >= 11 is 0. The third-order valence-corrected chi connectivity index (χ3v) is 7.84. The summed E-state index contributed by atoms with van der Waals surface area (Å²) in [6.07, 6.45) is 10.3. The SMILES string of the molecule is CCCOC1=CC=C(C2=Cc3ccc4c(c3OC2)C=CC(C)(C)O4)C(OS(=O)(=O)c2ccc(C)cc2)C1. The van der Waals surface area contributed by atoms with Crippen LogP contribution in [0.5, 0.6) is 11.5 Å². The van der Waals surface area contributed by atoms with Crippen LogP contribution < -0.4 is 9.47 Å². The van der Waals surface area contributed by atoms with Gasteiger partial charge in [0, 0.05) is 12.0 Å². The second-order valence-electron chi connectivity index (χ2n) is 10.1. The van der Waals surface area contributed by atoms with Crippen molar-refractivity contribution in [2.24, 2.45) is 0 Å². The average molecular weight is 521 g/mol. The minimum absolute atomic E-state index is 0.128. The van der Waals surface area contributed by atoms with Crippen LogP contribution in [0.2, 0.25) is 0 Å². The van der Waals surface area contributed by atoms with E-state index in [1.165, 1.54) is 0 Å². The number of hydrogen-bond donors (Lipinski definition) is 0. The first-order chi connectivity index (χ1) is 17.6. The zero-order valence-electron chi connectivity index (χ0n) is 21.6. The minimum Gasteiger partial charge on any atom is -0.498 e. The molecule has 0 N–H and O–H groups in total. The summed E-state index contributed by atoms with van der Waals surface area (Å²) in [7, 11) is -3.99. The molecule has 0 amide bonds. The zero-order valence-corrected chi connectivity index (χ0v) is 22.4. The van der Waals surface area contributed by atoms with E-state index in [1.54, 1.807) is 24.3 Å². The summed E-state index contributed by atoms with van der Waals surface area (Å²) < 4.78 is 50.4. The van der Waals surface area contributed by atoms with Crippen molar-refractivity contribution in [3.8, 4) is 11.5 Å². The van der Waals surface area contributed by atoms with Crippen LogP contribution in [0.3, 0.4) is 0 Å². The molecule has 7 heteroatoms. The lowest BCUT2D eigenvalue weighted by Gasteiger charge is -2.31. The maximum atomic E-state index is 13.2. The number of aryl methyl sites for hydroxylation is 1. The topological polar surface area (TPSA) is 71.1 Å². The van der Waals surface area contributed by atoms with Crippen molar-refractivity contribution in [3.63, 3.8) is 0 Å². The van der Waals surface area contributed by atoms with E-state index in [9.17, 15) is 8.42 Å². The first-order valence-electron chi connectivity index (χ1n) is 12.6. The molecule has 0 saturated heterocycles. The maximum absolute atomic E-state index is 13.2. The first kappa shape index (κ1) is 25.4. The van der Waals surface area contributed by atoms with Crippen LogP contribution >= 0.6 is 0 Å². The number of rotatable bonds is 7. The molecular formula is C30H32O6S. The van der Waals surface area contributed by atoms with Crippen LogP contribution in [0, 0.1) is 6.92 Å². The molecule has 194 valence electrons. The lowest BCUT2D eigenvalue weighted by Crippen LogP contribution is -2.28. The lowest BCUT2D eigenvalue weighted by atomic mass is 9.90. The molecule has 2 aromatic carbocycles. The molecule has 2 aliphatic heterocycles. The summed E-state index contributed by atoms with van der Waals surface area (Å²) in [5, 5.41) is 0. The fourth-order valence-electron chi connectivity index (χ4n) is 4.57. The van der Waals surface area contributed by atoms with E-state index in [0.717, 1.165) is 45.8 Å². The second-order valence-corrected chi connectivity index (χ2v) is 11.6. The highest BCUT2D eigenvalue weighted by molar-refractivity contribution is 7.86. The number of fused-ring (bicyclic) bond motifs is 3. The van der Waals surface area contributed by atoms with Gasteiger partial charge in [-0.2, -0.15) is 8.42 Å². The molecule has 5 rings (SSSR count). The second kappa shape index (κ2) is 9.88. The summed E-state index contributed by atoms with van der Waals surface area (Å²) in [6, 6.07) is 10.6. The van der Waals surface area contributed by atoms with Gasteiger partial charge in [0.05, 0.1) is 22.8 Å². The van der Waals surface area contributed by atoms with Crippen LogP contribution in [-0.2, 0) is 19.0 Å². The molecule has 0 spiro atoms. The van der Waals surface area contributed by atoms with Crippen molar-refractivity contribution in [3.05, 3.63) is 88.2 Å². The lowest BCUT2D eigenvalue weighted by molar-refractivity contribution is 0.157. The predicted molar refractivity (Wildman–Crippen MR) is 144 cm³/mol. The number of ether oxygens (including phenoxy) is 3. The molecule has 0 aromatic heterocycles. The average Bonchev–Trinajstić information content (AvgIpc) is 2.86. The van der Waals surface area contributed by atoms with Gasteiger partial charge in [-0.15, -0.1) is 0 Å². The molecule has 1 unspecified atom stereocenters. The largest absolute Gasteiger partial charge is 0.498 e. The fourth-order valence-corrected chi connectivity index (χ4v) is 5.63. The normalized spacial score (nSPS) is 19.9. The third-order valence-electron chi connectivity index (χ3n) is 6.51. The van der Waals surface area contributed by atoms with Gasteiger partial charge in [-0.25, -0.2) is 0 Å². The van der Waals surface area contributed by atoms with Crippen molar-refractivity contribution in [2.45, 2.75) is 57.1 Å². The van der Waals surface area contributed by atoms with E-state index >= 15 is 0 Å². The van der Waals surface area contributed by atoms with Gasteiger partial charge >= 0.3 is 0 Å². The number of benzene rings is 2. The Kier molecular flexibility index (Phi) is 6.77. The highest BCUT2D eigenvalue weighted by Gasteiger charge is 2.32. The monoisotopic (exact) mass is 520 g/mol. The molecule has 3 aliphatic rings. The molecule has 0 fully saturated rings. The van der Waals surface area contributed by atoms with Crippen LogP contribution in [0.1, 0.15) is 50.3 Å². The Bertz CT molecular complexity index is 1430. The van der Waals surface area contributed by atoms with Crippen LogP contribution in [0.25, 0.3) is 12.2 Å². The molecule has 2 heterocycles. The molecule has 0 bridgehead atoms. The Morgan fingerprint density at radius 2 is 1.86 bits per heavy atom. The van der Waals surface area contributed by atoms with Gasteiger partial charge < -0.3 is 14.2 Å². The quantitative estimate of drug-likeness (QED) is 0.395. The highest BCUT2D eigenvalue weighted by Crippen LogP contribution is 2.43. The third kappa shape index (κ3) is 5.38. The van der Waals surface area contributed by atoms with Crippen molar-refractivity contribution >= 4 is 22.3 Å². The summed E-state index contributed by atoms with van der Waals surface area (Å²) in [4.78, 5) is 0.128. The van der Waals surface area contributed by atoms with Crippen molar-refractivity contribution < 1.29 is 26.8 Å². The van der Waals surface area contributed by atoms with Gasteiger partial charge in [0.25, 0.3) is 10.1 Å². The molecule has 1 aliphatic carbocycles. The van der Waals surface area contributed by atoms with Gasteiger partial charge in [0.1, 0.15) is 29.8 Å². The Morgan fingerprint density at radius 3 is 2.62 bits per heavy atom. The van der Waals surface area contributed by atoms with Crippen LogP contribution in [0.15, 0.2) is 76.4 Å². The van der Waals surface area contributed by atoms with E-state index < -0.39 is 16.2 Å². The van der Waals surface area contributed by atoms with Gasteiger partial charge in [-0.3, -0.25) is 4.18 Å². The van der Waals surface area contributed by atoms with Gasteiger partial charge in [0.2, 0.25) is 0 Å². The molecule has 0 radical (unpaired) electrons. The van der Waals surface area contributed by atoms with E-state index in [-0.39, 0.29) is 17.1 Å². The maximum Gasteiger partial charge on any atom is 0.297 e. The van der Waals surface area contributed by atoms with Crippen LogP contribution in [-0.4, -0.2) is 33.3 Å². The number of allylic oxidation sites excluding steroid dienone is 2. The van der Waals surface area contributed by atoms with E-state index in [1.807, 2.05) is 70.2 Å². The molecule has 0 saturated carbocycles.